The Morgan fingerprint density at radius 1 is 1.30 bits per heavy atom. The van der Waals surface area contributed by atoms with Crippen LogP contribution in [0.15, 0.2) is 30.3 Å². The standard InChI is InChI=1S/C18H23N5O3S/c1-26-11-9-19-18(25)23-10-5-6-13(12-23)16-21-22-17(27-16)15(24)20-14-7-3-2-4-8-14/h2-4,7-8,13H,5-6,9-12H2,1H3,(H,19,25)(H,20,24)/t13-/m1/s1. The number of anilines is 1. The summed E-state index contributed by atoms with van der Waals surface area (Å²) in [6.45, 7) is 2.27. The number of para-hydroxylation sites is 1. The van der Waals surface area contributed by atoms with Crippen LogP contribution in [0, 0.1) is 0 Å². The molecule has 1 aromatic heterocycles. The number of likely N-dealkylation sites (tertiary alicyclic amines) is 1. The summed E-state index contributed by atoms with van der Waals surface area (Å²) in [6.07, 6.45) is 1.82. The molecule has 3 amide bonds. The van der Waals surface area contributed by atoms with Gasteiger partial charge in [0.2, 0.25) is 5.01 Å². The molecule has 0 radical (unpaired) electrons. The molecule has 1 aliphatic rings. The average molecular weight is 389 g/mol. The molecule has 1 saturated heterocycles. The number of nitrogens with one attached hydrogen (secondary N) is 2. The van der Waals surface area contributed by atoms with Crippen molar-refractivity contribution in [3.63, 3.8) is 0 Å². The van der Waals surface area contributed by atoms with E-state index in [-0.39, 0.29) is 17.9 Å². The molecule has 0 saturated carbocycles. The predicted molar refractivity (Wildman–Crippen MR) is 103 cm³/mol. The van der Waals surface area contributed by atoms with E-state index in [4.69, 9.17) is 4.74 Å². The lowest BCUT2D eigenvalue weighted by Gasteiger charge is -2.31. The molecule has 2 N–H and O–H groups in total. The molecule has 2 aromatic rings. The molecule has 27 heavy (non-hydrogen) atoms. The number of hydrogen-bond acceptors (Lipinski definition) is 6. The summed E-state index contributed by atoms with van der Waals surface area (Å²) in [5.41, 5.74) is 0.718. The Labute approximate surface area is 161 Å². The molecule has 144 valence electrons. The fourth-order valence-electron chi connectivity index (χ4n) is 2.93. The highest BCUT2D eigenvalue weighted by Crippen LogP contribution is 2.29. The number of ether oxygens (including phenoxy) is 1. The number of carbonyl (C=O) groups excluding carboxylic acids is 2. The summed E-state index contributed by atoms with van der Waals surface area (Å²) in [7, 11) is 1.60. The topological polar surface area (TPSA) is 96.4 Å². The van der Waals surface area contributed by atoms with Crippen LogP contribution in [-0.4, -0.2) is 60.4 Å². The molecule has 0 unspecified atom stereocenters. The number of urea groups is 1. The van der Waals surface area contributed by atoms with Crippen LogP contribution in [-0.2, 0) is 4.74 Å². The quantitative estimate of drug-likeness (QED) is 0.739. The molecule has 2 heterocycles. The van der Waals surface area contributed by atoms with Crippen LogP contribution in [0.4, 0.5) is 10.5 Å². The second-order valence-corrected chi connectivity index (χ2v) is 7.28. The first-order valence-corrected chi connectivity index (χ1v) is 9.70. The normalized spacial score (nSPS) is 16.8. The maximum absolute atomic E-state index is 12.3. The minimum absolute atomic E-state index is 0.0942. The third-order valence-corrected chi connectivity index (χ3v) is 5.39. The van der Waals surface area contributed by atoms with Gasteiger partial charge in [-0.15, -0.1) is 10.2 Å². The predicted octanol–water partition coefficient (Wildman–Crippen LogP) is 2.33. The molecule has 1 aliphatic heterocycles. The number of carbonyl (C=O) groups is 2. The van der Waals surface area contributed by atoms with Crippen LogP contribution in [0.2, 0.25) is 0 Å². The number of methoxy groups -OCH3 is 1. The summed E-state index contributed by atoms with van der Waals surface area (Å²) in [5.74, 6) is -0.169. The smallest absolute Gasteiger partial charge is 0.317 e. The Kier molecular flexibility index (Phi) is 6.72. The lowest BCUT2D eigenvalue weighted by atomic mass is 9.99. The van der Waals surface area contributed by atoms with Crippen molar-refractivity contribution in [1.29, 1.82) is 0 Å². The minimum Gasteiger partial charge on any atom is -0.383 e. The van der Waals surface area contributed by atoms with E-state index < -0.39 is 0 Å². The van der Waals surface area contributed by atoms with E-state index in [9.17, 15) is 9.59 Å². The third kappa shape index (κ3) is 5.24. The fourth-order valence-corrected chi connectivity index (χ4v) is 3.80. The van der Waals surface area contributed by atoms with Gasteiger partial charge in [-0.2, -0.15) is 0 Å². The first-order chi connectivity index (χ1) is 13.2. The van der Waals surface area contributed by atoms with Crippen LogP contribution in [0.1, 0.15) is 33.6 Å². The van der Waals surface area contributed by atoms with Gasteiger partial charge < -0.3 is 20.3 Å². The highest BCUT2D eigenvalue weighted by Gasteiger charge is 2.28. The number of piperidine rings is 1. The number of aromatic nitrogens is 2. The lowest BCUT2D eigenvalue weighted by molar-refractivity contribution is 0.102. The molecular formula is C18H23N5O3S. The summed E-state index contributed by atoms with van der Waals surface area (Å²) in [4.78, 5) is 26.4. The fraction of sp³-hybridized carbons (Fsp3) is 0.444. The van der Waals surface area contributed by atoms with E-state index in [0.717, 1.165) is 30.1 Å². The minimum atomic E-state index is -0.269. The van der Waals surface area contributed by atoms with Gasteiger partial charge in [0.15, 0.2) is 0 Å². The Hall–Kier alpha value is -2.52. The molecule has 8 nitrogen and oxygen atoms in total. The SMILES string of the molecule is COCCNC(=O)N1CCC[C@@H](c2nnc(C(=O)Nc3ccccc3)s2)C1. The molecular weight excluding hydrogens is 366 g/mol. The summed E-state index contributed by atoms with van der Waals surface area (Å²) in [6, 6.07) is 9.15. The maximum atomic E-state index is 12.3. The van der Waals surface area contributed by atoms with Crippen molar-refractivity contribution >= 4 is 29.0 Å². The second-order valence-electron chi connectivity index (χ2n) is 6.28. The summed E-state index contributed by atoms with van der Waals surface area (Å²) < 4.78 is 4.95. The highest BCUT2D eigenvalue weighted by molar-refractivity contribution is 7.13. The van der Waals surface area contributed by atoms with E-state index in [1.54, 1.807) is 12.0 Å². The van der Waals surface area contributed by atoms with Gasteiger partial charge in [-0.25, -0.2) is 4.79 Å². The van der Waals surface area contributed by atoms with Crippen LogP contribution in [0.25, 0.3) is 0 Å². The van der Waals surface area contributed by atoms with Crippen molar-refractivity contribution in [1.82, 2.24) is 20.4 Å². The number of benzene rings is 1. The summed E-state index contributed by atoms with van der Waals surface area (Å²) in [5, 5.41) is 15.0. The van der Waals surface area contributed by atoms with Gasteiger partial charge >= 0.3 is 6.03 Å². The molecule has 0 bridgehead atoms. The molecule has 1 aromatic carbocycles. The van der Waals surface area contributed by atoms with Gasteiger partial charge in [-0.3, -0.25) is 4.79 Å². The molecule has 9 heteroatoms. The van der Waals surface area contributed by atoms with E-state index >= 15 is 0 Å². The van der Waals surface area contributed by atoms with Crippen LogP contribution in [0.3, 0.4) is 0 Å². The molecule has 1 fully saturated rings. The zero-order valence-electron chi connectivity index (χ0n) is 15.2. The van der Waals surface area contributed by atoms with E-state index in [1.807, 2.05) is 30.3 Å². The Balaban J connectivity index is 1.58. The number of amides is 3. The van der Waals surface area contributed by atoms with E-state index in [0.29, 0.717) is 24.7 Å². The molecule has 1 atom stereocenters. The summed E-state index contributed by atoms with van der Waals surface area (Å²) >= 11 is 1.29. The Bertz CT molecular complexity index is 767. The van der Waals surface area contributed by atoms with Crippen molar-refractivity contribution in [3.8, 4) is 0 Å². The van der Waals surface area contributed by atoms with Gasteiger partial charge in [0.1, 0.15) is 5.01 Å². The average Bonchev–Trinajstić information content (AvgIpc) is 3.19. The zero-order chi connectivity index (χ0) is 19.1. The lowest BCUT2D eigenvalue weighted by Crippen LogP contribution is -2.45. The van der Waals surface area contributed by atoms with Crippen molar-refractivity contribution in [2.24, 2.45) is 0 Å². The monoisotopic (exact) mass is 389 g/mol. The van der Waals surface area contributed by atoms with Gasteiger partial charge in [-0.05, 0) is 25.0 Å². The van der Waals surface area contributed by atoms with Crippen molar-refractivity contribution < 1.29 is 14.3 Å². The number of rotatable bonds is 6. The van der Waals surface area contributed by atoms with Gasteiger partial charge in [0.05, 0.1) is 6.61 Å². The number of nitrogens with zero attached hydrogens (tertiary/aromatic N) is 3. The highest BCUT2D eigenvalue weighted by atomic mass is 32.1. The zero-order valence-corrected chi connectivity index (χ0v) is 16.0. The largest absolute Gasteiger partial charge is 0.383 e. The van der Waals surface area contributed by atoms with Crippen LogP contribution in [0.5, 0.6) is 0 Å². The Morgan fingerprint density at radius 3 is 2.89 bits per heavy atom. The molecule has 0 spiro atoms. The van der Waals surface area contributed by atoms with Crippen molar-refractivity contribution in [3.05, 3.63) is 40.3 Å². The van der Waals surface area contributed by atoms with E-state index in [2.05, 4.69) is 20.8 Å². The van der Waals surface area contributed by atoms with Gasteiger partial charge in [0, 0.05) is 38.3 Å². The van der Waals surface area contributed by atoms with Crippen LogP contribution < -0.4 is 10.6 Å². The Morgan fingerprint density at radius 2 is 2.11 bits per heavy atom. The van der Waals surface area contributed by atoms with Crippen molar-refractivity contribution in [2.45, 2.75) is 18.8 Å². The first-order valence-electron chi connectivity index (χ1n) is 8.89. The second kappa shape index (κ2) is 9.43. The van der Waals surface area contributed by atoms with Crippen LogP contribution >= 0.6 is 11.3 Å². The number of hydrogen-bond donors (Lipinski definition) is 2. The first kappa shape index (κ1) is 19.2. The third-order valence-electron chi connectivity index (χ3n) is 4.31. The molecule has 3 rings (SSSR count). The maximum Gasteiger partial charge on any atom is 0.317 e. The van der Waals surface area contributed by atoms with Crippen molar-refractivity contribution in [2.75, 3.05) is 38.7 Å². The van der Waals surface area contributed by atoms with Gasteiger partial charge in [-0.1, -0.05) is 29.5 Å². The van der Waals surface area contributed by atoms with E-state index in [1.165, 1.54) is 11.3 Å². The van der Waals surface area contributed by atoms with Gasteiger partial charge in [0.25, 0.3) is 5.91 Å². The molecule has 0 aliphatic carbocycles.